The molecule has 0 bridgehead atoms. The molecular weight excluding hydrogens is 393 g/mol. The standard InChI is InChI=1S/C22H18FN3O2.ClH/c1-2-28-22(27)25-19-5-3-4-17(12-19)20-14-24-21-13-16(10-11-26(20)21)15-6-8-18(23)9-7-15;/h3-14H,2H2,1H3,(H,25,27);1H. The number of hydrogen-bond donors (Lipinski definition) is 1. The number of fused-ring (bicyclic) bond motifs is 1. The fourth-order valence-electron chi connectivity index (χ4n) is 3.06. The maximum Gasteiger partial charge on any atom is 0.411 e. The topological polar surface area (TPSA) is 55.6 Å². The Balaban J connectivity index is 0.00000240. The minimum absolute atomic E-state index is 0. The number of halogens is 2. The number of carbonyl (C=O) groups is 1. The van der Waals surface area contributed by atoms with Gasteiger partial charge in [-0.2, -0.15) is 0 Å². The molecule has 1 N–H and O–H groups in total. The van der Waals surface area contributed by atoms with E-state index in [1.165, 1.54) is 12.1 Å². The average Bonchev–Trinajstić information content (AvgIpc) is 3.12. The van der Waals surface area contributed by atoms with Crippen LogP contribution in [0.4, 0.5) is 14.9 Å². The van der Waals surface area contributed by atoms with Crippen molar-refractivity contribution in [1.29, 1.82) is 0 Å². The van der Waals surface area contributed by atoms with Crippen LogP contribution in [0, 0.1) is 5.82 Å². The molecule has 0 unspecified atom stereocenters. The lowest BCUT2D eigenvalue weighted by Gasteiger charge is -2.08. The van der Waals surface area contributed by atoms with Gasteiger partial charge in [0.1, 0.15) is 11.5 Å². The summed E-state index contributed by atoms with van der Waals surface area (Å²) in [4.78, 5) is 16.1. The second-order valence-corrected chi connectivity index (χ2v) is 6.22. The maximum atomic E-state index is 13.2. The van der Waals surface area contributed by atoms with Crippen LogP contribution in [0.3, 0.4) is 0 Å². The van der Waals surface area contributed by atoms with Crippen molar-refractivity contribution in [2.45, 2.75) is 6.92 Å². The molecule has 0 radical (unpaired) electrons. The van der Waals surface area contributed by atoms with E-state index in [4.69, 9.17) is 4.74 Å². The van der Waals surface area contributed by atoms with Crippen LogP contribution in [0.5, 0.6) is 0 Å². The second-order valence-electron chi connectivity index (χ2n) is 6.22. The summed E-state index contributed by atoms with van der Waals surface area (Å²) in [6, 6.07) is 17.8. The fourth-order valence-corrected chi connectivity index (χ4v) is 3.06. The van der Waals surface area contributed by atoms with Crippen LogP contribution in [0.1, 0.15) is 6.92 Å². The van der Waals surface area contributed by atoms with Crippen molar-refractivity contribution >= 4 is 29.8 Å². The molecular formula is C22H19ClFN3O2. The quantitative estimate of drug-likeness (QED) is 0.462. The highest BCUT2D eigenvalue weighted by Gasteiger charge is 2.09. The Morgan fingerprint density at radius 2 is 1.86 bits per heavy atom. The number of benzene rings is 2. The molecule has 0 spiro atoms. The monoisotopic (exact) mass is 411 g/mol. The van der Waals surface area contributed by atoms with Gasteiger partial charge in [-0.25, -0.2) is 14.2 Å². The van der Waals surface area contributed by atoms with E-state index in [0.717, 1.165) is 28.0 Å². The number of anilines is 1. The van der Waals surface area contributed by atoms with Crippen molar-refractivity contribution in [3.8, 4) is 22.4 Å². The third-order valence-electron chi connectivity index (χ3n) is 4.37. The summed E-state index contributed by atoms with van der Waals surface area (Å²) in [6.07, 6.45) is 3.23. The highest BCUT2D eigenvalue weighted by atomic mass is 35.5. The molecule has 2 aromatic heterocycles. The smallest absolute Gasteiger partial charge is 0.411 e. The molecule has 0 atom stereocenters. The number of nitrogens with zero attached hydrogens (tertiary/aromatic N) is 2. The van der Waals surface area contributed by atoms with Crippen LogP contribution < -0.4 is 5.32 Å². The highest BCUT2D eigenvalue weighted by Crippen LogP contribution is 2.27. The van der Waals surface area contributed by atoms with Gasteiger partial charge in [0.2, 0.25) is 0 Å². The Labute approximate surface area is 173 Å². The predicted octanol–water partition coefficient (Wildman–Crippen LogP) is 5.80. The van der Waals surface area contributed by atoms with Crippen LogP contribution >= 0.6 is 12.4 Å². The van der Waals surface area contributed by atoms with Crippen LogP contribution in [0.25, 0.3) is 28.0 Å². The van der Waals surface area contributed by atoms with Gasteiger partial charge in [-0.3, -0.25) is 9.72 Å². The SMILES string of the molecule is CCOC(=O)Nc1cccc(-c2cnc3cc(-c4ccc(F)cc4)ccn23)c1.Cl. The van der Waals surface area contributed by atoms with E-state index in [-0.39, 0.29) is 18.2 Å². The molecule has 0 saturated heterocycles. The lowest BCUT2D eigenvalue weighted by atomic mass is 10.1. The van der Waals surface area contributed by atoms with Gasteiger partial charge in [0.15, 0.2) is 0 Å². The number of amides is 1. The summed E-state index contributed by atoms with van der Waals surface area (Å²) >= 11 is 0. The minimum atomic E-state index is -0.485. The number of ether oxygens (including phenoxy) is 1. The molecule has 0 aliphatic rings. The van der Waals surface area contributed by atoms with E-state index in [1.54, 1.807) is 31.3 Å². The van der Waals surface area contributed by atoms with Crippen LogP contribution in [-0.2, 0) is 4.74 Å². The normalized spacial score (nSPS) is 10.4. The Morgan fingerprint density at radius 3 is 2.62 bits per heavy atom. The van der Waals surface area contributed by atoms with Crippen LogP contribution in [0.15, 0.2) is 73.1 Å². The number of rotatable bonds is 4. The number of aromatic nitrogens is 2. The first-order valence-corrected chi connectivity index (χ1v) is 8.91. The lowest BCUT2D eigenvalue weighted by molar-refractivity contribution is 0.168. The number of imidazole rings is 1. The van der Waals surface area contributed by atoms with Crippen molar-refractivity contribution in [2.24, 2.45) is 0 Å². The zero-order valence-corrected chi connectivity index (χ0v) is 16.4. The van der Waals surface area contributed by atoms with Gasteiger partial charge in [-0.1, -0.05) is 24.3 Å². The van der Waals surface area contributed by atoms with Crippen molar-refractivity contribution in [3.63, 3.8) is 0 Å². The van der Waals surface area contributed by atoms with Crippen molar-refractivity contribution in [1.82, 2.24) is 9.38 Å². The largest absolute Gasteiger partial charge is 0.450 e. The summed E-state index contributed by atoms with van der Waals surface area (Å²) in [6.45, 7) is 2.07. The van der Waals surface area contributed by atoms with E-state index in [9.17, 15) is 9.18 Å². The third kappa shape index (κ3) is 4.38. The molecule has 0 aliphatic carbocycles. The number of carbonyl (C=O) groups excluding carboxylic acids is 1. The zero-order valence-electron chi connectivity index (χ0n) is 15.6. The summed E-state index contributed by atoms with van der Waals surface area (Å²) in [5.41, 5.74) is 5.12. The predicted molar refractivity (Wildman–Crippen MR) is 114 cm³/mol. The van der Waals surface area contributed by atoms with E-state index in [1.807, 2.05) is 40.9 Å². The van der Waals surface area contributed by atoms with Gasteiger partial charge in [0.05, 0.1) is 18.5 Å². The highest BCUT2D eigenvalue weighted by molar-refractivity contribution is 5.86. The molecule has 0 fully saturated rings. The molecule has 1 amide bonds. The third-order valence-corrected chi connectivity index (χ3v) is 4.37. The molecule has 0 aliphatic heterocycles. The van der Waals surface area contributed by atoms with Crippen LogP contribution in [-0.4, -0.2) is 22.1 Å². The molecule has 148 valence electrons. The van der Waals surface area contributed by atoms with E-state index in [0.29, 0.717) is 12.3 Å². The van der Waals surface area contributed by atoms with Gasteiger partial charge in [0, 0.05) is 17.4 Å². The molecule has 4 aromatic rings. The fraction of sp³-hybridized carbons (Fsp3) is 0.0909. The molecule has 0 saturated carbocycles. The Kier molecular flexibility index (Phi) is 6.14. The van der Waals surface area contributed by atoms with Crippen molar-refractivity contribution in [3.05, 3.63) is 78.9 Å². The molecule has 4 rings (SSSR count). The van der Waals surface area contributed by atoms with Crippen molar-refractivity contribution in [2.75, 3.05) is 11.9 Å². The summed E-state index contributed by atoms with van der Waals surface area (Å²) in [5, 5.41) is 2.71. The van der Waals surface area contributed by atoms with Crippen molar-refractivity contribution < 1.29 is 13.9 Å². The van der Waals surface area contributed by atoms with Gasteiger partial charge in [0.25, 0.3) is 0 Å². The molecule has 29 heavy (non-hydrogen) atoms. The first-order valence-electron chi connectivity index (χ1n) is 8.91. The van der Waals surface area contributed by atoms with Crippen LogP contribution in [0.2, 0.25) is 0 Å². The average molecular weight is 412 g/mol. The molecule has 7 heteroatoms. The van der Waals surface area contributed by atoms with E-state index >= 15 is 0 Å². The van der Waals surface area contributed by atoms with Gasteiger partial charge in [-0.15, -0.1) is 12.4 Å². The summed E-state index contributed by atoms with van der Waals surface area (Å²) in [7, 11) is 0. The Morgan fingerprint density at radius 1 is 1.07 bits per heavy atom. The number of nitrogens with one attached hydrogen (secondary N) is 1. The lowest BCUT2D eigenvalue weighted by Crippen LogP contribution is -2.13. The van der Waals surface area contributed by atoms with Gasteiger partial charge < -0.3 is 4.74 Å². The zero-order chi connectivity index (χ0) is 19.5. The van der Waals surface area contributed by atoms with E-state index < -0.39 is 6.09 Å². The number of hydrogen-bond acceptors (Lipinski definition) is 3. The second kappa shape index (κ2) is 8.75. The Bertz CT molecular complexity index is 1140. The Hall–Kier alpha value is -3.38. The maximum absolute atomic E-state index is 13.2. The first kappa shape index (κ1) is 20.4. The summed E-state index contributed by atoms with van der Waals surface area (Å²) < 4.78 is 20.0. The van der Waals surface area contributed by atoms with E-state index in [2.05, 4.69) is 10.3 Å². The van der Waals surface area contributed by atoms with Gasteiger partial charge in [-0.05, 0) is 54.4 Å². The molecule has 5 nitrogen and oxygen atoms in total. The first-order chi connectivity index (χ1) is 13.6. The van der Waals surface area contributed by atoms with Gasteiger partial charge >= 0.3 is 6.09 Å². The molecule has 2 heterocycles. The number of pyridine rings is 1. The molecule has 2 aromatic carbocycles. The summed E-state index contributed by atoms with van der Waals surface area (Å²) in [5.74, 6) is -0.260. The minimum Gasteiger partial charge on any atom is -0.450 e.